The number of alkyl halides is 3. The zero-order chi connectivity index (χ0) is 25.6. The van der Waals surface area contributed by atoms with Gasteiger partial charge in [-0.15, -0.1) is 11.3 Å². The van der Waals surface area contributed by atoms with E-state index in [0.29, 0.717) is 33.4 Å². The van der Waals surface area contributed by atoms with Crippen molar-refractivity contribution in [1.82, 2.24) is 19.9 Å². The lowest BCUT2D eigenvalue weighted by molar-refractivity contribution is -0.154. The van der Waals surface area contributed by atoms with Crippen LogP contribution in [0.15, 0.2) is 30.6 Å². The molecule has 3 N–H and O–H groups in total. The highest BCUT2D eigenvalue weighted by molar-refractivity contribution is 7.15. The summed E-state index contributed by atoms with van der Waals surface area (Å²) in [7, 11) is 0. The number of rotatable bonds is 5. The Bertz CT molecular complexity index is 1260. The molecule has 0 spiro atoms. The Morgan fingerprint density at radius 2 is 1.97 bits per heavy atom. The number of pyridine rings is 1. The van der Waals surface area contributed by atoms with Crippen LogP contribution in [0.1, 0.15) is 49.5 Å². The molecule has 2 atom stereocenters. The van der Waals surface area contributed by atoms with Crippen LogP contribution in [0.25, 0.3) is 10.6 Å². The standard InChI is InChI=1S/C23H24F3N5O3S/c1-12-8-13(30-20-27-7-5-17(31-20)23(24,25)26)9-15(29-12)16-10-28-19(35-16)22(34)6-4-14(18(32)33)21(2,3)11-22/h5,7-10,14,34H,4,6,11H2,1-3H3,(H,32,33)(H,27,29,30,31)/t14-,22-/m1/s1. The first kappa shape index (κ1) is 25.0. The number of hydrogen-bond donors (Lipinski definition) is 3. The van der Waals surface area contributed by atoms with Crippen LogP contribution in [0.4, 0.5) is 24.8 Å². The van der Waals surface area contributed by atoms with Crippen molar-refractivity contribution in [1.29, 1.82) is 0 Å². The number of thiazole rings is 1. The van der Waals surface area contributed by atoms with E-state index in [0.717, 1.165) is 12.3 Å². The molecule has 35 heavy (non-hydrogen) atoms. The van der Waals surface area contributed by atoms with Crippen molar-refractivity contribution in [2.75, 3.05) is 5.32 Å². The molecule has 12 heteroatoms. The van der Waals surface area contributed by atoms with Crippen molar-refractivity contribution in [2.24, 2.45) is 11.3 Å². The summed E-state index contributed by atoms with van der Waals surface area (Å²) in [5.41, 5.74) is -1.35. The number of aromatic nitrogens is 4. The summed E-state index contributed by atoms with van der Waals surface area (Å²) in [5.74, 6) is -1.62. The van der Waals surface area contributed by atoms with Gasteiger partial charge in [-0.2, -0.15) is 13.2 Å². The van der Waals surface area contributed by atoms with E-state index in [1.54, 1.807) is 25.3 Å². The van der Waals surface area contributed by atoms with E-state index >= 15 is 0 Å². The summed E-state index contributed by atoms with van der Waals surface area (Å²) < 4.78 is 38.9. The summed E-state index contributed by atoms with van der Waals surface area (Å²) in [6.45, 7) is 5.41. The first-order valence-corrected chi connectivity index (χ1v) is 11.7. The van der Waals surface area contributed by atoms with Gasteiger partial charge in [-0.05, 0) is 49.8 Å². The molecule has 1 saturated carbocycles. The molecule has 0 radical (unpaired) electrons. The summed E-state index contributed by atoms with van der Waals surface area (Å²) in [5, 5.41) is 24.1. The second kappa shape index (κ2) is 8.83. The Morgan fingerprint density at radius 3 is 2.63 bits per heavy atom. The van der Waals surface area contributed by atoms with Gasteiger partial charge >= 0.3 is 12.1 Å². The number of hydrogen-bond acceptors (Lipinski definition) is 8. The van der Waals surface area contributed by atoms with Gasteiger partial charge in [0.1, 0.15) is 16.3 Å². The molecule has 186 valence electrons. The molecule has 3 aromatic rings. The lowest BCUT2D eigenvalue weighted by Gasteiger charge is -2.44. The van der Waals surface area contributed by atoms with Gasteiger partial charge in [0.05, 0.1) is 16.5 Å². The third-order valence-corrected chi connectivity index (χ3v) is 7.36. The summed E-state index contributed by atoms with van der Waals surface area (Å²) in [4.78, 5) is 28.6. The van der Waals surface area contributed by atoms with Crippen molar-refractivity contribution < 1.29 is 28.2 Å². The van der Waals surface area contributed by atoms with Crippen molar-refractivity contribution >= 4 is 28.9 Å². The minimum atomic E-state index is -4.59. The molecule has 0 aromatic carbocycles. The van der Waals surface area contributed by atoms with Gasteiger partial charge in [-0.3, -0.25) is 9.78 Å². The summed E-state index contributed by atoms with van der Waals surface area (Å²) >= 11 is 1.25. The number of nitrogens with zero attached hydrogens (tertiary/aromatic N) is 4. The number of carboxylic acids is 1. The quantitative estimate of drug-likeness (QED) is 0.433. The third-order valence-electron chi connectivity index (χ3n) is 6.15. The van der Waals surface area contributed by atoms with Gasteiger partial charge in [0, 0.05) is 23.8 Å². The zero-order valence-corrected chi connectivity index (χ0v) is 20.0. The molecular weight excluding hydrogens is 483 g/mol. The second-order valence-electron chi connectivity index (χ2n) is 9.43. The van der Waals surface area contributed by atoms with Crippen molar-refractivity contribution in [2.45, 2.75) is 51.8 Å². The molecule has 8 nitrogen and oxygen atoms in total. The highest BCUT2D eigenvalue weighted by atomic mass is 32.1. The predicted octanol–water partition coefficient (Wildman–Crippen LogP) is 5.16. The van der Waals surface area contributed by atoms with E-state index in [1.165, 1.54) is 11.3 Å². The Labute approximate surface area is 203 Å². The van der Waals surface area contributed by atoms with E-state index in [9.17, 15) is 28.2 Å². The van der Waals surface area contributed by atoms with E-state index in [2.05, 4.69) is 25.3 Å². The van der Waals surface area contributed by atoms with Crippen LogP contribution >= 0.6 is 11.3 Å². The lowest BCUT2D eigenvalue weighted by Crippen LogP contribution is -2.44. The first-order chi connectivity index (χ1) is 16.3. The largest absolute Gasteiger partial charge is 0.481 e. The van der Waals surface area contributed by atoms with Crippen LogP contribution in [0.2, 0.25) is 0 Å². The Kier molecular flexibility index (Phi) is 6.30. The summed E-state index contributed by atoms with van der Waals surface area (Å²) in [6, 6.07) is 4.09. The molecule has 0 aliphatic heterocycles. The third kappa shape index (κ3) is 5.27. The smallest absolute Gasteiger partial charge is 0.433 e. The van der Waals surface area contributed by atoms with Crippen LogP contribution in [0.5, 0.6) is 0 Å². The topological polar surface area (TPSA) is 121 Å². The molecule has 4 rings (SSSR count). The normalized spacial score (nSPS) is 22.1. The van der Waals surface area contributed by atoms with E-state index in [1.807, 2.05) is 13.8 Å². The monoisotopic (exact) mass is 507 g/mol. The average Bonchev–Trinajstić information content (AvgIpc) is 3.23. The van der Waals surface area contributed by atoms with Gasteiger partial charge in [-0.25, -0.2) is 15.0 Å². The lowest BCUT2D eigenvalue weighted by atomic mass is 9.63. The number of anilines is 2. The SMILES string of the molecule is Cc1cc(Nc2nccc(C(F)(F)F)n2)cc(-c2cnc([C@@]3(O)CC[C@H](C(=O)O)C(C)(C)C3)s2)n1. The van der Waals surface area contributed by atoms with Crippen molar-refractivity contribution in [3.05, 3.63) is 47.0 Å². The number of nitrogens with one attached hydrogen (secondary N) is 1. The minimum absolute atomic E-state index is 0.201. The highest BCUT2D eigenvalue weighted by Crippen LogP contribution is 2.50. The average molecular weight is 508 g/mol. The fourth-order valence-corrected chi connectivity index (χ4v) is 5.55. The fraction of sp³-hybridized carbons (Fsp3) is 0.435. The van der Waals surface area contributed by atoms with Crippen molar-refractivity contribution in [3.8, 4) is 10.6 Å². The molecule has 3 aromatic heterocycles. The maximum absolute atomic E-state index is 13.0. The van der Waals surface area contributed by atoms with Gasteiger partial charge < -0.3 is 15.5 Å². The molecule has 0 saturated heterocycles. The zero-order valence-electron chi connectivity index (χ0n) is 19.2. The Hall–Kier alpha value is -3.12. The molecule has 1 aliphatic carbocycles. The molecule has 0 unspecified atom stereocenters. The summed E-state index contributed by atoms with van der Waals surface area (Å²) in [6.07, 6.45) is -1.10. The Morgan fingerprint density at radius 1 is 1.23 bits per heavy atom. The first-order valence-electron chi connectivity index (χ1n) is 10.8. The number of carbonyl (C=O) groups is 1. The molecular formula is C23H24F3N5O3S. The minimum Gasteiger partial charge on any atom is -0.481 e. The number of halogens is 3. The maximum atomic E-state index is 13.0. The number of aliphatic hydroxyl groups is 1. The van der Waals surface area contributed by atoms with Gasteiger partial charge in [-0.1, -0.05) is 13.8 Å². The second-order valence-corrected chi connectivity index (χ2v) is 10.5. The number of aliphatic carboxylic acids is 1. The van der Waals surface area contributed by atoms with Gasteiger partial charge in [0.2, 0.25) is 5.95 Å². The van der Waals surface area contributed by atoms with Crippen LogP contribution in [-0.2, 0) is 16.6 Å². The highest BCUT2D eigenvalue weighted by Gasteiger charge is 2.49. The number of aryl methyl sites for hydroxylation is 1. The van der Waals surface area contributed by atoms with E-state index in [4.69, 9.17) is 0 Å². The van der Waals surface area contributed by atoms with Gasteiger partial charge in [0.25, 0.3) is 0 Å². The van der Waals surface area contributed by atoms with Crippen LogP contribution in [-0.4, -0.2) is 36.1 Å². The van der Waals surface area contributed by atoms with E-state index in [-0.39, 0.29) is 18.8 Å². The van der Waals surface area contributed by atoms with Crippen LogP contribution in [0.3, 0.4) is 0 Å². The predicted molar refractivity (Wildman–Crippen MR) is 123 cm³/mol. The fourth-order valence-electron chi connectivity index (χ4n) is 4.56. The van der Waals surface area contributed by atoms with Gasteiger partial charge in [0.15, 0.2) is 0 Å². The number of carboxylic acid groups (broad SMARTS) is 1. The van der Waals surface area contributed by atoms with E-state index < -0.39 is 34.8 Å². The maximum Gasteiger partial charge on any atom is 0.433 e. The van der Waals surface area contributed by atoms with Crippen LogP contribution < -0.4 is 5.32 Å². The molecule has 1 fully saturated rings. The Balaban J connectivity index is 1.59. The van der Waals surface area contributed by atoms with Crippen LogP contribution in [0, 0.1) is 18.3 Å². The molecule has 0 amide bonds. The van der Waals surface area contributed by atoms with Crippen molar-refractivity contribution in [3.63, 3.8) is 0 Å². The molecule has 3 heterocycles. The molecule has 1 aliphatic rings. The molecule has 0 bridgehead atoms.